The Morgan fingerprint density at radius 2 is 0.611 bits per heavy atom. The Kier molecular flexibility index (Phi) is 58.8. The Morgan fingerprint density at radius 1 is 0.347 bits per heavy atom. The fourth-order valence-electron chi connectivity index (χ4n) is 8.60. The number of aliphatic hydroxyl groups excluding tert-OH is 2. The van der Waals surface area contributed by atoms with Gasteiger partial charge in [0.15, 0.2) is 0 Å². The number of hydrogen-bond acceptors (Lipinski definition) is 3. The van der Waals surface area contributed by atoms with Crippen molar-refractivity contribution >= 4 is 5.91 Å². The number of amides is 1. The minimum atomic E-state index is -0.678. The van der Waals surface area contributed by atoms with E-state index in [4.69, 9.17) is 0 Å². The van der Waals surface area contributed by atoms with Crippen LogP contribution in [0.15, 0.2) is 134 Å². The van der Waals surface area contributed by atoms with Gasteiger partial charge in [-0.2, -0.15) is 0 Å². The molecule has 0 rings (SSSR count). The molecule has 0 radical (unpaired) electrons. The maximum Gasteiger partial charge on any atom is 0.220 e. The average Bonchev–Trinajstić information content (AvgIpc) is 3.39. The smallest absolute Gasteiger partial charge is 0.220 e. The minimum absolute atomic E-state index is 0.0532. The van der Waals surface area contributed by atoms with Gasteiger partial charge in [0.2, 0.25) is 5.91 Å². The molecule has 3 N–H and O–H groups in total. The molecule has 0 spiro atoms. The molecule has 0 saturated carbocycles. The van der Waals surface area contributed by atoms with Crippen molar-refractivity contribution in [2.75, 3.05) is 6.61 Å². The van der Waals surface area contributed by atoms with E-state index in [1.807, 2.05) is 0 Å². The van der Waals surface area contributed by atoms with Crippen molar-refractivity contribution in [3.05, 3.63) is 134 Å². The van der Waals surface area contributed by atoms with Crippen molar-refractivity contribution < 1.29 is 15.0 Å². The lowest BCUT2D eigenvalue weighted by atomic mass is 10.0. The number of aliphatic hydroxyl groups is 2. The standard InChI is InChI=1S/C68H115NO3/c1-3-5-7-9-11-13-15-17-19-21-23-25-26-27-28-29-30-31-32-33-34-35-36-37-38-39-40-41-42-44-46-48-50-52-54-56-58-60-62-64-68(72)69-66(65-70)67(71)63-61-59-57-55-53-51-49-47-45-43-24-22-20-18-16-14-12-10-8-6-4-2/h5,7,11,13,17,19,23,25,27-28,30-31,33-34,36-37,39-40,42,44,48,50,66-67,70-71H,3-4,6,8-10,12,14-16,18,20-22,24,26,29,32,35,38,41,43,45-47,49,51-65H2,1-2H3,(H,69,72)/b7-5-,13-11-,19-17-,25-23-,28-27-,31-30-,34-33-,37-36-,40-39-,44-42-,50-48-. The number of carbonyl (C=O) groups is 1. The molecule has 0 saturated heterocycles. The van der Waals surface area contributed by atoms with Gasteiger partial charge in [-0.05, 0) is 96.3 Å². The van der Waals surface area contributed by atoms with Crippen molar-refractivity contribution in [3.8, 4) is 0 Å². The molecule has 1 amide bonds. The third-order valence-electron chi connectivity index (χ3n) is 13.2. The highest BCUT2D eigenvalue weighted by Crippen LogP contribution is 2.16. The largest absolute Gasteiger partial charge is 0.394 e. The van der Waals surface area contributed by atoms with Gasteiger partial charge in [0.1, 0.15) is 0 Å². The maximum absolute atomic E-state index is 12.5. The molecule has 0 aliphatic rings. The molecule has 0 aliphatic heterocycles. The van der Waals surface area contributed by atoms with Crippen molar-refractivity contribution in [2.45, 2.75) is 283 Å². The highest BCUT2D eigenvalue weighted by molar-refractivity contribution is 5.76. The Labute approximate surface area is 447 Å². The Hall–Kier alpha value is -3.47. The van der Waals surface area contributed by atoms with Crippen molar-refractivity contribution in [1.29, 1.82) is 0 Å². The molecule has 0 heterocycles. The molecular formula is C68H115NO3. The number of rotatable bonds is 54. The second-order valence-corrected chi connectivity index (χ2v) is 20.0. The first kappa shape index (κ1) is 68.5. The van der Waals surface area contributed by atoms with E-state index in [1.165, 1.54) is 135 Å². The quantitative estimate of drug-likeness (QED) is 0.0420. The zero-order valence-electron chi connectivity index (χ0n) is 47.2. The summed E-state index contributed by atoms with van der Waals surface area (Å²) in [6.07, 6.45) is 95.8. The number of nitrogens with one attached hydrogen (secondary N) is 1. The molecule has 4 heteroatoms. The third-order valence-corrected chi connectivity index (χ3v) is 13.2. The molecule has 0 fully saturated rings. The lowest BCUT2D eigenvalue weighted by molar-refractivity contribution is -0.123. The summed E-state index contributed by atoms with van der Waals surface area (Å²) in [7, 11) is 0. The molecule has 0 aromatic heterocycles. The Morgan fingerprint density at radius 3 is 0.917 bits per heavy atom. The van der Waals surface area contributed by atoms with Crippen LogP contribution in [0.5, 0.6) is 0 Å². The Bertz CT molecular complexity index is 1450. The van der Waals surface area contributed by atoms with Crippen LogP contribution in [-0.2, 0) is 4.79 Å². The van der Waals surface area contributed by atoms with E-state index in [2.05, 4.69) is 153 Å². The summed E-state index contributed by atoms with van der Waals surface area (Å²) in [6, 6.07) is -0.558. The number of carbonyl (C=O) groups excluding carboxylic acids is 1. The summed E-state index contributed by atoms with van der Waals surface area (Å²) in [5, 5.41) is 23.4. The monoisotopic (exact) mass is 994 g/mol. The normalized spacial score (nSPS) is 13.8. The fourth-order valence-corrected chi connectivity index (χ4v) is 8.60. The van der Waals surface area contributed by atoms with Gasteiger partial charge < -0.3 is 15.5 Å². The van der Waals surface area contributed by atoms with E-state index in [9.17, 15) is 15.0 Å². The number of hydrogen-bond donors (Lipinski definition) is 3. The van der Waals surface area contributed by atoms with E-state index < -0.39 is 12.1 Å². The zero-order chi connectivity index (χ0) is 52.0. The molecular weight excluding hydrogens is 879 g/mol. The van der Waals surface area contributed by atoms with E-state index in [-0.39, 0.29) is 12.5 Å². The van der Waals surface area contributed by atoms with Gasteiger partial charge in [0.25, 0.3) is 0 Å². The molecule has 0 bridgehead atoms. The fraction of sp³-hybridized carbons (Fsp3) is 0.662. The van der Waals surface area contributed by atoms with Crippen LogP contribution in [0.1, 0.15) is 271 Å². The van der Waals surface area contributed by atoms with Crippen molar-refractivity contribution in [1.82, 2.24) is 5.32 Å². The molecule has 4 nitrogen and oxygen atoms in total. The molecule has 2 unspecified atom stereocenters. The second kappa shape index (κ2) is 61.8. The highest BCUT2D eigenvalue weighted by Gasteiger charge is 2.20. The van der Waals surface area contributed by atoms with E-state index in [0.717, 1.165) is 109 Å². The van der Waals surface area contributed by atoms with E-state index in [1.54, 1.807) is 0 Å². The molecule has 2 atom stereocenters. The third kappa shape index (κ3) is 57.4. The number of allylic oxidation sites excluding steroid dienone is 22. The summed E-state index contributed by atoms with van der Waals surface area (Å²) in [4.78, 5) is 12.5. The van der Waals surface area contributed by atoms with Gasteiger partial charge in [-0.25, -0.2) is 0 Å². The van der Waals surface area contributed by atoms with Gasteiger partial charge >= 0.3 is 0 Å². The zero-order valence-corrected chi connectivity index (χ0v) is 47.2. The van der Waals surface area contributed by atoms with Crippen LogP contribution in [0.4, 0.5) is 0 Å². The average molecular weight is 995 g/mol. The van der Waals surface area contributed by atoms with Crippen LogP contribution in [0.2, 0.25) is 0 Å². The summed E-state index contributed by atoms with van der Waals surface area (Å²) >= 11 is 0. The summed E-state index contributed by atoms with van der Waals surface area (Å²) in [6.45, 7) is 4.25. The van der Waals surface area contributed by atoms with Gasteiger partial charge in [0, 0.05) is 6.42 Å². The lowest BCUT2D eigenvalue weighted by Gasteiger charge is -2.22. The molecule has 0 aromatic carbocycles. The van der Waals surface area contributed by atoms with Crippen LogP contribution in [-0.4, -0.2) is 34.9 Å². The van der Waals surface area contributed by atoms with Crippen LogP contribution in [0, 0.1) is 0 Å². The molecule has 410 valence electrons. The first-order chi connectivity index (χ1) is 35.7. The van der Waals surface area contributed by atoms with Gasteiger partial charge in [-0.3, -0.25) is 4.79 Å². The Balaban J connectivity index is 3.63. The van der Waals surface area contributed by atoms with Gasteiger partial charge in [-0.15, -0.1) is 0 Å². The van der Waals surface area contributed by atoms with Crippen LogP contribution < -0.4 is 5.32 Å². The predicted octanol–water partition coefficient (Wildman–Crippen LogP) is 20.6. The van der Waals surface area contributed by atoms with E-state index >= 15 is 0 Å². The predicted molar refractivity (Wildman–Crippen MR) is 322 cm³/mol. The van der Waals surface area contributed by atoms with Crippen molar-refractivity contribution in [3.63, 3.8) is 0 Å². The second-order valence-electron chi connectivity index (χ2n) is 20.0. The summed E-state index contributed by atoms with van der Waals surface area (Å²) in [5.74, 6) is -0.0532. The maximum atomic E-state index is 12.5. The van der Waals surface area contributed by atoms with Crippen molar-refractivity contribution in [2.24, 2.45) is 0 Å². The molecule has 0 aromatic rings. The summed E-state index contributed by atoms with van der Waals surface area (Å²) < 4.78 is 0. The highest BCUT2D eigenvalue weighted by atomic mass is 16.3. The topological polar surface area (TPSA) is 69.6 Å². The molecule has 72 heavy (non-hydrogen) atoms. The SMILES string of the molecule is CC/C=C\C/C=C\C/C=C\C/C=C\C/C=C\C/C=C\C/C=C\C/C=C\C/C=C\C/C=C\C/C=C\CCCCCCCC(=O)NC(CO)C(O)CCCCCCCCCCCCCCCCCCCCCCC. The van der Waals surface area contributed by atoms with Crippen LogP contribution in [0.3, 0.4) is 0 Å². The minimum Gasteiger partial charge on any atom is -0.394 e. The number of unbranched alkanes of at least 4 members (excludes halogenated alkanes) is 25. The van der Waals surface area contributed by atoms with Gasteiger partial charge in [-0.1, -0.05) is 302 Å². The first-order valence-corrected chi connectivity index (χ1v) is 30.4. The molecule has 0 aliphatic carbocycles. The summed E-state index contributed by atoms with van der Waals surface area (Å²) in [5.41, 5.74) is 0. The van der Waals surface area contributed by atoms with Crippen LogP contribution >= 0.6 is 0 Å². The van der Waals surface area contributed by atoms with Gasteiger partial charge in [0.05, 0.1) is 18.8 Å². The van der Waals surface area contributed by atoms with Crippen LogP contribution in [0.25, 0.3) is 0 Å². The van der Waals surface area contributed by atoms with E-state index in [0.29, 0.717) is 12.8 Å². The lowest BCUT2D eigenvalue weighted by Crippen LogP contribution is -2.45. The first-order valence-electron chi connectivity index (χ1n) is 30.4.